The molecule has 0 atom stereocenters. The maximum atomic E-state index is 12.9. The third kappa shape index (κ3) is 5.80. The van der Waals surface area contributed by atoms with Crippen LogP contribution in [0.1, 0.15) is 21.5 Å². The van der Waals surface area contributed by atoms with Crippen molar-refractivity contribution in [3.8, 4) is 5.75 Å². The minimum Gasteiger partial charge on any atom is -0.497 e. The smallest absolute Gasteiger partial charge is 0.256 e. The van der Waals surface area contributed by atoms with Crippen LogP contribution < -0.4 is 10.1 Å². The second kappa shape index (κ2) is 10.7. The predicted molar refractivity (Wildman–Crippen MR) is 133 cm³/mol. The molecular formula is C28H23N3O2. The highest BCUT2D eigenvalue weighted by Gasteiger charge is 2.13. The molecule has 0 saturated carbocycles. The first-order valence-electron chi connectivity index (χ1n) is 10.5. The zero-order valence-corrected chi connectivity index (χ0v) is 18.2. The van der Waals surface area contributed by atoms with Gasteiger partial charge in [-0.1, -0.05) is 78.9 Å². The Morgan fingerprint density at radius 1 is 0.667 bits per heavy atom. The lowest BCUT2D eigenvalue weighted by molar-refractivity contribution is 0.0977. The Kier molecular flexibility index (Phi) is 7.03. The highest BCUT2D eigenvalue weighted by Crippen LogP contribution is 2.20. The molecule has 4 aromatic carbocycles. The van der Waals surface area contributed by atoms with Crippen LogP contribution in [0.4, 0.5) is 5.69 Å². The van der Waals surface area contributed by atoms with Crippen molar-refractivity contribution in [3.05, 3.63) is 132 Å². The summed E-state index contributed by atoms with van der Waals surface area (Å²) in [5.74, 6) is 1.41. The Bertz CT molecular complexity index is 1250. The zero-order chi connectivity index (χ0) is 22.9. The largest absolute Gasteiger partial charge is 0.497 e. The van der Waals surface area contributed by atoms with Crippen molar-refractivity contribution in [1.82, 2.24) is 5.32 Å². The number of rotatable bonds is 5. The predicted octanol–water partition coefficient (Wildman–Crippen LogP) is 5.65. The molecule has 0 fully saturated rings. The van der Waals surface area contributed by atoms with Crippen LogP contribution in [0.25, 0.3) is 0 Å². The first-order valence-corrected chi connectivity index (χ1v) is 10.5. The van der Waals surface area contributed by atoms with Gasteiger partial charge in [-0.15, -0.1) is 0 Å². The van der Waals surface area contributed by atoms with Crippen LogP contribution in [-0.2, 0) is 0 Å². The van der Waals surface area contributed by atoms with Crippen LogP contribution in [0, 0.1) is 0 Å². The maximum absolute atomic E-state index is 12.9. The second-order valence-corrected chi connectivity index (χ2v) is 7.15. The van der Waals surface area contributed by atoms with E-state index < -0.39 is 0 Å². The van der Waals surface area contributed by atoms with E-state index in [-0.39, 0.29) is 5.91 Å². The summed E-state index contributed by atoms with van der Waals surface area (Å²) in [7, 11) is 1.62. The van der Waals surface area contributed by atoms with Gasteiger partial charge in [0.25, 0.3) is 5.91 Å². The molecule has 1 N–H and O–H groups in total. The summed E-state index contributed by atoms with van der Waals surface area (Å²) in [6.45, 7) is 0. The average Bonchev–Trinajstić information content (AvgIpc) is 2.89. The molecule has 0 aliphatic carbocycles. The van der Waals surface area contributed by atoms with E-state index in [0.29, 0.717) is 17.2 Å². The standard InChI is InChI=1S/C28H23N3O2/c1-33-25-19-17-24(18-20-25)29-26(21-11-5-2-6-12-21)30-27(22-13-7-3-8-14-22)31-28(32)23-15-9-4-10-16-23/h2-20H,1H3,(H,29,30,31,32). The number of nitrogens with zero attached hydrogens (tertiary/aromatic N) is 2. The van der Waals surface area contributed by atoms with Crippen LogP contribution in [-0.4, -0.2) is 24.7 Å². The van der Waals surface area contributed by atoms with Gasteiger partial charge in [0, 0.05) is 16.7 Å². The third-order valence-corrected chi connectivity index (χ3v) is 4.87. The molecule has 0 aliphatic rings. The van der Waals surface area contributed by atoms with Gasteiger partial charge in [-0.25, -0.2) is 9.98 Å². The lowest BCUT2D eigenvalue weighted by atomic mass is 10.1. The number of nitrogens with one attached hydrogen (secondary N) is 1. The summed E-state index contributed by atoms with van der Waals surface area (Å²) in [6.07, 6.45) is 0. The summed E-state index contributed by atoms with van der Waals surface area (Å²) in [6, 6.07) is 35.7. The van der Waals surface area contributed by atoms with Crippen LogP contribution in [0.15, 0.2) is 125 Å². The fourth-order valence-electron chi connectivity index (χ4n) is 3.16. The number of methoxy groups -OCH3 is 1. The molecule has 5 heteroatoms. The Labute approximate surface area is 193 Å². The number of carbonyl (C=O) groups is 1. The summed E-state index contributed by atoms with van der Waals surface area (Å²) in [5, 5.41) is 2.96. The van der Waals surface area contributed by atoms with Crippen LogP contribution in [0.5, 0.6) is 5.75 Å². The molecule has 0 aliphatic heterocycles. The maximum Gasteiger partial charge on any atom is 0.256 e. The molecule has 5 nitrogen and oxygen atoms in total. The van der Waals surface area contributed by atoms with Gasteiger partial charge in [-0.2, -0.15) is 0 Å². The average molecular weight is 434 g/mol. The number of ether oxygens (including phenoxy) is 1. The highest BCUT2D eigenvalue weighted by atomic mass is 16.5. The monoisotopic (exact) mass is 433 g/mol. The summed E-state index contributed by atoms with van der Waals surface area (Å²) in [4.78, 5) is 22.5. The fourth-order valence-corrected chi connectivity index (χ4v) is 3.16. The van der Waals surface area contributed by atoms with Gasteiger partial charge in [0.15, 0.2) is 5.84 Å². The molecular weight excluding hydrogens is 410 g/mol. The molecule has 0 bridgehead atoms. The van der Waals surface area contributed by atoms with Gasteiger partial charge in [0.05, 0.1) is 12.8 Å². The van der Waals surface area contributed by atoms with Crippen molar-refractivity contribution < 1.29 is 9.53 Å². The number of amidine groups is 2. The zero-order valence-electron chi connectivity index (χ0n) is 18.2. The summed E-state index contributed by atoms with van der Waals surface area (Å²) in [5.41, 5.74) is 2.88. The second-order valence-electron chi connectivity index (χ2n) is 7.15. The van der Waals surface area contributed by atoms with Crippen molar-refractivity contribution >= 4 is 23.3 Å². The molecule has 0 unspecified atom stereocenters. The minimum absolute atomic E-state index is 0.241. The van der Waals surface area contributed by atoms with E-state index in [1.807, 2.05) is 103 Å². The Hall–Kier alpha value is -4.51. The van der Waals surface area contributed by atoms with Gasteiger partial charge in [-0.05, 0) is 36.4 Å². The number of aliphatic imine (C=N–C) groups is 2. The van der Waals surface area contributed by atoms with Crippen LogP contribution in [0.2, 0.25) is 0 Å². The number of benzene rings is 4. The van der Waals surface area contributed by atoms with Gasteiger partial charge >= 0.3 is 0 Å². The number of hydrogen-bond donors (Lipinski definition) is 1. The molecule has 0 spiro atoms. The Morgan fingerprint density at radius 2 is 1.18 bits per heavy atom. The van der Waals surface area contributed by atoms with Crippen LogP contribution in [0.3, 0.4) is 0 Å². The van der Waals surface area contributed by atoms with Gasteiger partial charge in [0.1, 0.15) is 11.6 Å². The lowest BCUT2D eigenvalue weighted by Gasteiger charge is -2.11. The molecule has 0 aromatic heterocycles. The molecule has 162 valence electrons. The van der Waals surface area contributed by atoms with E-state index in [4.69, 9.17) is 14.7 Å². The van der Waals surface area contributed by atoms with Crippen molar-refractivity contribution in [2.75, 3.05) is 7.11 Å². The highest BCUT2D eigenvalue weighted by molar-refractivity contribution is 6.18. The normalized spacial score (nSPS) is 11.7. The molecule has 33 heavy (non-hydrogen) atoms. The van der Waals surface area contributed by atoms with Gasteiger partial charge in [0.2, 0.25) is 0 Å². The molecule has 4 rings (SSSR count). The van der Waals surface area contributed by atoms with Crippen molar-refractivity contribution in [3.63, 3.8) is 0 Å². The summed E-state index contributed by atoms with van der Waals surface area (Å²) >= 11 is 0. The SMILES string of the molecule is COc1ccc(N=C(N=C(NC(=O)c2ccccc2)c2ccccc2)c2ccccc2)cc1. The first kappa shape index (κ1) is 21.7. The van der Waals surface area contributed by atoms with Crippen molar-refractivity contribution in [2.24, 2.45) is 9.98 Å². The van der Waals surface area contributed by atoms with E-state index in [0.717, 1.165) is 22.6 Å². The molecule has 1 amide bonds. The van der Waals surface area contributed by atoms with E-state index in [1.54, 1.807) is 19.2 Å². The number of carbonyl (C=O) groups excluding carboxylic acids is 1. The first-order chi connectivity index (χ1) is 16.2. The van der Waals surface area contributed by atoms with Gasteiger partial charge < -0.3 is 10.1 Å². The molecule has 0 saturated heterocycles. The van der Waals surface area contributed by atoms with E-state index in [1.165, 1.54) is 0 Å². The Morgan fingerprint density at radius 3 is 1.73 bits per heavy atom. The van der Waals surface area contributed by atoms with Crippen molar-refractivity contribution in [1.29, 1.82) is 0 Å². The quantitative estimate of drug-likeness (QED) is 0.326. The Balaban J connectivity index is 1.79. The number of hydrogen-bond acceptors (Lipinski definition) is 3. The third-order valence-electron chi connectivity index (χ3n) is 4.87. The number of amides is 1. The van der Waals surface area contributed by atoms with E-state index in [9.17, 15) is 4.79 Å². The topological polar surface area (TPSA) is 63.1 Å². The summed E-state index contributed by atoms with van der Waals surface area (Å²) < 4.78 is 5.24. The van der Waals surface area contributed by atoms with E-state index >= 15 is 0 Å². The lowest BCUT2D eigenvalue weighted by Crippen LogP contribution is -2.32. The van der Waals surface area contributed by atoms with E-state index in [2.05, 4.69) is 5.32 Å². The molecule has 4 aromatic rings. The van der Waals surface area contributed by atoms with Crippen molar-refractivity contribution in [2.45, 2.75) is 0 Å². The fraction of sp³-hybridized carbons (Fsp3) is 0.0357. The van der Waals surface area contributed by atoms with Gasteiger partial charge in [-0.3, -0.25) is 4.79 Å². The van der Waals surface area contributed by atoms with Crippen LogP contribution >= 0.6 is 0 Å². The molecule has 0 radical (unpaired) electrons. The minimum atomic E-state index is -0.241. The molecule has 0 heterocycles.